The second kappa shape index (κ2) is 16.8. The molecule has 0 aliphatic carbocycles. The molecule has 0 saturated carbocycles. The van der Waals surface area contributed by atoms with Crippen LogP contribution in [0.25, 0.3) is 0 Å². The van der Waals surface area contributed by atoms with Crippen LogP contribution in [0, 0.1) is 0 Å². The smallest absolute Gasteiger partial charge is 0.142 e. The summed E-state index contributed by atoms with van der Waals surface area (Å²) < 4.78 is 32.3. The van der Waals surface area contributed by atoms with Crippen LogP contribution in [0.1, 0.15) is 0 Å². The van der Waals surface area contributed by atoms with E-state index in [9.17, 15) is 0 Å². The maximum atomic E-state index is 5.78. The van der Waals surface area contributed by atoms with E-state index >= 15 is 0 Å². The standard InChI is InChI=1S/C19H31NO6/c1-2-7-21-8-9-22-10-11-23-12-13-24-14-15-25-16-17-26-19-6-4-3-5-18(19)20/h2-6H,1,7-17,20H2. The van der Waals surface area contributed by atoms with E-state index in [1.54, 1.807) is 12.1 Å². The first kappa shape index (κ1) is 22.4. The molecule has 0 radical (unpaired) electrons. The van der Waals surface area contributed by atoms with Gasteiger partial charge >= 0.3 is 0 Å². The summed E-state index contributed by atoms with van der Waals surface area (Å²) in [4.78, 5) is 0. The molecule has 1 aromatic rings. The molecule has 0 bridgehead atoms. The number of nitrogens with two attached hydrogens (primary N) is 1. The molecule has 0 spiro atoms. The minimum Gasteiger partial charge on any atom is -0.489 e. The van der Waals surface area contributed by atoms with Crippen LogP contribution >= 0.6 is 0 Å². The third kappa shape index (κ3) is 12.7. The Morgan fingerprint density at radius 1 is 0.692 bits per heavy atom. The molecule has 0 heterocycles. The van der Waals surface area contributed by atoms with E-state index in [0.717, 1.165) is 0 Å². The van der Waals surface area contributed by atoms with Gasteiger partial charge in [-0.1, -0.05) is 18.2 Å². The van der Waals surface area contributed by atoms with Crippen molar-refractivity contribution in [3.8, 4) is 5.75 Å². The summed E-state index contributed by atoms with van der Waals surface area (Å²) in [5.41, 5.74) is 6.41. The Morgan fingerprint density at radius 3 is 1.65 bits per heavy atom. The monoisotopic (exact) mass is 369 g/mol. The van der Waals surface area contributed by atoms with Crippen molar-refractivity contribution in [2.24, 2.45) is 0 Å². The van der Waals surface area contributed by atoms with Crippen LogP contribution in [0.3, 0.4) is 0 Å². The van der Waals surface area contributed by atoms with Crippen LogP contribution in [0.4, 0.5) is 5.69 Å². The zero-order valence-corrected chi connectivity index (χ0v) is 15.4. The van der Waals surface area contributed by atoms with Gasteiger partial charge in [-0.25, -0.2) is 0 Å². The molecule has 2 N–H and O–H groups in total. The highest BCUT2D eigenvalue weighted by molar-refractivity contribution is 5.51. The van der Waals surface area contributed by atoms with Crippen molar-refractivity contribution >= 4 is 5.69 Å². The molecule has 0 unspecified atom stereocenters. The van der Waals surface area contributed by atoms with Crippen molar-refractivity contribution < 1.29 is 28.4 Å². The maximum absolute atomic E-state index is 5.78. The Hall–Kier alpha value is -1.64. The Balaban J connectivity index is 1.75. The average molecular weight is 369 g/mol. The first-order valence-electron chi connectivity index (χ1n) is 8.81. The molecule has 0 fully saturated rings. The lowest BCUT2D eigenvalue weighted by molar-refractivity contribution is -0.0112. The third-order valence-electron chi connectivity index (χ3n) is 3.13. The number of nitrogen functional groups attached to an aromatic ring is 1. The zero-order valence-electron chi connectivity index (χ0n) is 15.4. The summed E-state index contributed by atoms with van der Waals surface area (Å²) in [5, 5.41) is 0. The van der Waals surface area contributed by atoms with Crippen molar-refractivity contribution in [1.82, 2.24) is 0 Å². The number of hydrogen-bond acceptors (Lipinski definition) is 7. The Morgan fingerprint density at radius 2 is 1.15 bits per heavy atom. The van der Waals surface area contributed by atoms with E-state index in [2.05, 4.69) is 6.58 Å². The van der Waals surface area contributed by atoms with E-state index in [-0.39, 0.29) is 0 Å². The molecule has 7 nitrogen and oxygen atoms in total. The predicted molar refractivity (Wildman–Crippen MR) is 101 cm³/mol. The maximum Gasteiger partial charge on any atom is 0.142 e. The van der Waals surface area contributed by atoms with Crippen molar-refractivity contribution in [3.05, 3.63) is 36.9 Å². The SMILES string of the molecule is C=CCOCCOCCOCCOCCOCCOc1ccccc1N. The summed E-state index contributed by atoms with van der Waals surface area (Å²) in [6.45, 7) is 9.38. The molecule has 0 aliphatic heterocycles. The molecule has 7 heteroatoms. The highest BCUT2D eigenvalue weighted by Gasteiger charge is 1.98. The van der Waals surface area contributed by atoms with Crippen molar-refractivity contribution in [2.45, 2.75) is 0 Å². The second-order valence-corrected chi connectivity index (χ2v) is 5.20. The highest BCUT2D eigenvalue weighted by atomic mass is 16.6. The lowest BCUT2D eigenvalue weighted by Gasteiger charge is -2.09. The number of anilines is 1. The summed E-state index contributed by atoms with van der Waals surface area (Å²) in [6, 6.07) is 7.39. The summed E-state index contributed by atoms with van der Waals surface area (Å²) in [7, 11) is 0. The fourth-order valence-corrected chi connectivity index (χ4v) is 1.87. The molecule has 148 valence electrons. The molecule has 1 aromatic carbocycles. The van der Waals surface area contributed by atoms with Crippen molar-refractivity contribution in [1.29, 1.82) is 0 Å². The Bertz CT molecular complexity index is 457. The van der Waals surface area contributed by atoms with Gasteiger partial charge in [-0.3, -0.25) is 0 Å². The van der Waals surface area contributed by atoms with Gasteiger partial charge in [0.15, 0.2) is 0 Å². The Kier molecular flexibility index (Phi) is 14.5. The molecule has 1 rings (SSSR count). The van der Waals surface area contributed by atoms with Gasteiger partial charge in [0.05, 0.1) is 71.8 Å². The van der Waals surface area contributed by atoms with Crippen LogP contribution in [-0.4, -0.2) is 72.7 Å². The minimum absolute atomic E-state index is 0.454. The number of benzene rings is 1. The van der Waals surface area contributed by atoms with Gasteiger partial charge in [-0.2, -0.15) is 0 Å². The van der Waals surface area contributed by atoms with E-state index < -0.39 is 0 Å². The molecular weight excluding hydrogens is 338 g/mol. The number of ether oxygens (including phenoxy) is 6. The highest BCUT2D eigenvalue weighted by Crippen LogP contribution is 2.19. The molecule has 0 atom stereocenters. The molecule has 26 heavy (non-hydrogen) atoms. The van der Waals surface area contributed by atoms with Crippen LogP contribution in [0.2, 0.25) is 0 Å². The third-order valence-corrected chi connectivity index (χ3v) is 3.13. The summed E-state index contributed by atoms with van der Waals surface area (Å²) in [5.74, 6) is 0.678. The minimum atomic E-state index is 0.454. The van der Waals surface area contributed by atoms with Crippen LogP contribution in [0.15, 0.2) is 36.9 Å². The molecule has 0 amide bonds. The summed E-state index contributed by atoms with van der Waals surface area (Å²) in [6.07, 6.45) is 1.71. The number of rotatable bonds is 18. The first-order valence-corrected chi connectivity index (χ1v) is 8.81. The van der Waals surface area contributed by atoms with Crippen molar-refractivity contribution in [3.63, 3.8) is 0 Å². The zero-order chi connectivity index (χ0) is 18.7. The van der Waals surface area contributed by atoms with E-state index in [0.29, 0.717) is 84.1 Å². The average Bonchev–Trinajstić information content (AvgIpc) is 2.65. The predicted octanol–water partition coefficient (Wildman–Crippen LogP) is 1.92. The second-order valence-electron chi connectivity index (χ2n) is 5.20. The lowest BCUT2D eigenvalue weighted by atomic mass is 10.3. The number of para-hydroxylation sites is 2. The quantitative estimate of drug-likeness (QED) is 0.240. The van der Waals surface area contributed by atoms with Crippen LogP contribution in [0.5, 0.6) is 5.75 Å². The fourth-order valence-electron chi connectivity index (χ4n) is 1.87. The van der Waals surface area contributed by atoms with Crippen LogP contribution in [-0.2, 0) is 23.7 Å². The van der Waals surface area contributed by atoms with Gasteiger partial charge < -0.3 is 34.2 Å². The van der Waals surface area contributed by atoms with E-state index in [1.165, 1.54) is 0 Å². The van der Waals surface area contributed by atoms with Gasteiger partial charge in [0, 0.05) is 0 Å². The normalized spacial score (nSPS) is 10.8. The first-order chi connectivity index (χ1) is 12.8. The van der Waals surface area contributed by atoms with E-state index in [4.69, 9.17) is 34.2 Å². The molecule has 0 aliphatic rings. The van der Waals surface area contributed by atoms with Crippen LogP contribution < -0.4 is 10.5 Å². The van der Waals surface area contributed by atoms with Gasteiger partial charge in [0.1, 0.15) is 12.4 Å². The Labute approximate surface area is 156 Å². The molecular formula is C19H31NO6. The largest absolute Gasteiger partial charge is 0.489 e. The van der Waals surface area contributed by atoms with E-state index in [1.807, 2.05) is 18.2 Å². The number of hydrogen-bond donors (Lipinski definition) is 1. The molecule has 0 aromatic heterocycles. The summed E-state index contributed by atoms with van der Waals surface area (Å²) >= 11 is 0. The van der Waals surface area contributed by atoms with Gasteiger partial charge in [0.2, 0.25) is 0 Å². The molecule has 0 saturated heterocycles. The van der Waals surface area contributed by atoms with Crippen molar-refractivity contribution in [2.75, 3.05) is 78.4 Å². The van der Waals surface area contributed by atoms with Gasteiger partial charge in [0.25, 0.3) is 0 Å². The lowest BCUT2D eigenvalue weighted by Crippen LogP contribution is -2.14. The fraction of sp³-hybridized carbons (Fsp3) is 0.579. The topological polar surface area (TPSA) is 81.4 Å². The van der Waals surface area contributed by atoms with Gasteiger partial charge in [-0.05, 0) is 12.1 Å². The van der Waals surface area contributed by atoms with Gasteiger partial charge in [-0.15, -0.1) is 6.58 Å².